The molecule has 0 aliphatic rings. The van der Waals surface area contributed by atoms with Crippen LogP contribution in [0, 0.1) is 0 Å². The molecule has 2 aromatic rings. The number of rotatable bonds is 10. The summed E-state index contributed by atoms with van der Waals surface area (Å²) >= 11 is 16.0. The number of sulfonamides is 1. The lowest BCUT2D eigenvalue weighted by molar-refractivity contribution is -0.139. The molecule has 0 fully saturated rings. The highest BCUT2D eigenvalue weighted by atomic mass is 79.9. The normalized spacial score (nSPS) is 13.1. The van der Waals surface area contributed by atoms with Gasteiger partial charge in [-0.25, -0.2) is 8.42 Å². The van der Waals surface area contributed by atoms with E-state index in [9.17, 15) is 18.0 Å². The Morgan fingerprint density at radius 2 is 1.68 bits per heavy atom. The van der Waals surface area contributed by atoms with Crippen LogP contribution in [-0.4, -0.2) is 50.0 Å². The molecule has 34 heavy (non-hydrogen) atoms. The molecule has 2 aromatic carbocycles. The summed E-state index contributed by atoms with van der Waals surface area (Å²) < 4.78 is 26.8. The van der Waals surface area contributed by atoms with Crippen LogP contribution in [0.5, 0.6) is 0 Å². The first kappa shape index (κ1) is 28.4. The molecule has 0 heterocycles. The topological polar surface area (TPSA) is 86.8 Å². The van der Waals surface area contributed by atoms with Gasteiger partial charge in [-0.15, -0.1) is 0 Å². The van der Waals surface area contributed by atoms with Crippen LogP contribution in [0.1, 0.15) is 32.8 Å². The van der Waals surface area contributed by atoms with Gasteiger partial charge in [0.05, 0.1) is 11.9 Å². The Balaban J connectivity index is 2.45. The van der Waals surface area contributed by atoms with E-state index in [4.69, 9.17) is 23.2 Å². The zero-order chi connectivity index (χ0) is 25.6. The van der Waals surface area contributed by atoms with E-state index in [0.29, 0.717) is 32.2 Å². The van der Waals surface area contributed by atoms with Gasteiger partial charge in [-0.3, -0.25) is 13.9 Å². The quantitative estimate of drug-likeness (QED) is 0.427. The summed E-state index contributed by atoms with van der Waals surface area (Å²) in [6.45, 7) is 4.81. The highest BCUT2D eigenvalue weighted by Crippen LogP contribution is 2.27. The second kappa shape index (κ2) is 12.2. The third-order valence-electron chi connectivity index (χ3n) is 5.33. The summed E-state index contributed by atoms with van der Waals surface area (Å²) in [6.07, 6.45) is 1.74. The van der Waals surface area contributed by atoms with Crippen molar-refractivity contribution < 1.29 is 18.0 Å². The van der Waals surface area contributed by atoms with Crippen molar-refractivity contribution in [2.45, 2.75) is 45.8 Å². The van der Waals surface area contributed by atoms with Crippen molar-refractivity contribution in [2.75, 3.05) is 17.1 Å². The molecule has 186 valence electrons. The number of halogens is 3. The molecule has 0 saturated carbocycles. The summed E-state index contributed by atoms with van der Waals surface area (Å²) in [4.78, 5) is 27.7. The molecule has 0 aromatic heterocycles. The van der Waals surface area contributed by atoms with Gasteiger partial charge in [-0.1, -0.05) is 58.2 Å². The smallest absolute Gasteiger partial charge is 0.244 e. The van der Waals surface area contributed by atoms with Gasteiger partial charge in [0.1, 0.15) is 12.6 Å². The Hall–Kier alpha value is -1.81. The first-order valence-corrected chi connectivity index (χ1v) is 14.0. The van der Waals surface area contributed by atoms with Crippen molar-refractivity contribution in [3.05, 3.63) is 62.5 Å². The number of carbonyl (C=O) groups excluding carboxylic acids is 2. The molecule has 0 unspecified atom stereocenters. The molecule has 2 amide bonds. The molecule has 2 rings (SSSR count). The highest BCUT2D eigenvalue weighted by Gasteiger charge is 2.31. The van der Waals surface area contributed by atoms with Crippen LogP contribution in [0.2, 0.25) is 10.0 Å². The minimum absolute atomic E-state index is 0.0669. The fourth-order valence-electron chi connectivity index (χ4n) is 3.15. The minimum Gasteiger partial charge on any atom is -0.352 e. The predicted molar refractivity (Wildman–Crippen MR) is 141 cm³/mol. The van der Waals surface area contributed by atoms with Crippen LogP contribution in [0.4, 0.5) is 5.69 Å². The van der Waals surface area contributed by atoms with Crippen LogP contribution < -0.4 is 9.62 Å². The molecule has 0 saturated heterocycles. The zero-order valence-corrected chi connectivity index (χ0v) is 23.3. The largest absolute Gasteiger partial charge is 0.352 e. The maximum atomic E-state index is 13.5. The average Bonchev–Trinajstić information content (AvgIpc) is 2.75. The average molecular weight is 593 g/mol. The van der Waals surface area contributed by atoms with Crippen molar-refractivity contribution >= 4 is 66.7 Å². The molecule has 0 spiro atoms. The maximum Gasteiger partial charge on any atom is 0.244 e. The maximum absolute atomic E-state index is 13.5. The molecule has 2 atom stereocenters. The SMILES string of the molecule is CC[C@H](C)NC(=O)[C@@H](C)N(Cc1c(Cl)cccc1Cl)C(=O)CN(c1cccc(Br)c1)S(C)(=O)=O. The molecular weight excluding hydrogens is 565 g/mol. The number of amides is 2. The van der Waals surface area contributed by atoms with Gasteiger partial charge in [-0.2, -0.15) is 0 Å². The molecule has 11 heteroatoms. The Labute approximate surface area is 219 Å². The van der Waals surface area contributed by atoms with Crippen LogP contribution >= 0.6 is 39.1 Å². The van der Waals surface area contributed by atoms with E-state index in [-0.39, 0.29) is 18.5 Å². The van der Waals surface area contributed by atoms with Gasteiger partial charge in [0.2, 0.25) is 21.8 Å². The van der Waals surface area contributed by atoms with Crippen LogP contribution in [-0.2, 0) is 26.2 Å². The first-order valence-electron chi connectivity index (χ1n) is 10.6. The molecule has 0 bridgehead atoms. The minimum atomic E-state index is -3.81. The zero-order valence-electron chi connectivity index (χ0n) is 19.4. The Bertz CT molecular complexity index is 1130. The number of carbonyl (C=O) groups is 2. The summed E-state index contributed by atoms with van der Waals surface area (Å²) in [6, 6.07) is 10.6. The molecule has 0 radical (unpaired) electrons. The summed E-state index contributed by atoms with van der Waals surface area (Å²) in [5.74, 6) is -0.938. The predicted octanol–water partition coefficient (Wildman–Crippen LogP) is 4.85. The fraction of sp³-hybridized carbons (Fsp3) is 0.391. The van der Waals surface area contributed by atoms with E-state index < -0.39 is 28.5 Å². The number of hydrogen-bond donors (Lipinski definition) is 1. The standard InChI is InChI=1S/C23H28BrCl2N3O4S/c1-5-15(2)27-23(31)16(3)28(13-19-20(25)10-7-11-21(19)26)22(30)14-29(34(4,32)33)18-9-6-8-17(24)12-18/h6-12,15-16H,5,13-14H2,1-4H3,(H,27,31)/t15-,16+/m0/s1. The van der Waals surface area contributed by atoms with Crippen LogP contribution in [0.25, 0.3) is 0 Å². The third kappa shape index (κ3) is 7.60. The van der Waals surface area contributed by atoms with E-state index in [1.165, 1.54) is 4.90 Å². The fourth-order valence-corrected chi connectivity index (χ4v) is 4.89. The number of nitrogens with zero attached hydrogens (tertiary/aromatic N) is 2. The third-order valence-corrected chi connectivity index (χ3v) is 7.68. The molecular formula is C23H28BrCl2N3O4S. The van der Waals surface area contributed by atoms with Gasteiger partial charge in [0.15, 0.2) is 0 Å². The number of nitrogens with one attached hydrogen (secondary N) is 1. The molecule has 1 N–H and O–H groups in total. The second-order valence-corrected chi connectivity index (χ2v) is 11.6. The monoisotopic (exact) mass is 591 g/mol. The second-order valence-electron chi connectivity index (χ2n) is 7.97. The van der Waals surface area contributed by atoms with Gasteiger partial charge in [-0.05, 0) is 50.6 Å². The van der Waals surface area contributed by atoms with E-state index in [2.05, 4.69) is 21.2 Å². The number of hydrogen-bond acceptors (Lipinski definition) is 4. The Morgan fingerprint density at radius 1 is 1.09 bits per heavy atom. The lowest BCUT2D eigenvalue weighted by Crippen LogP contribution is -2.52. The van der Waals surface area contributed by atoms with E-state index >= 15 is 0 Å². The summed E-state index contributed by atoms with van der Waals surface area (Å²) in [5.41, 5.74) is 0.786. The Morgan fingerprint density at radius 3 is 2.21 bits per heavy atom. The Kier molecular flexibility index (Phi) is 10.2. The van der Waals surface area contributed by atoms with Crippen molar-refractivity contribution in [2.24, 2.45) is 0 Å². The number of benzene rings is 2. The van der Waals surface area contributed by atoms with E-state index in [0.717, 1.165) is 10.6 Å². The lowest BCUT2D eigenvalue weighted by Gasteiger charge is -2.32. The van der Waals surface area contributed by atoms with Crippen molar-refractivity contribution in [3.63, 3.8) is 0 Å². The van der Waals surface area contributed by atoms with Crippen LogP contribution in [0.15, 0.2) is 46.9 Å². The lowest BCUT2D eigenvalue weighted by atomic mass is 10.1. The first-order chi connectivity index (χ1) is 15.8. The van der Waals surface area contributed by atoms with Gasteiger partial charge in [0.25, 0.3) is 0 Å². The van der Waals surface area contributed by atoms with Crippen LogP contribution in [0.3, 0.4) is 0 Å². The van der Waals surface area contributed by atoms with Gasteiger partial charge >= 0.3 is 0 Å². The number of anilines is 1. The highest BCUT2D eigenvalue weighted by molar-refractivity contribution is 9.10. The van der Waals surface area contributed by atoms with Gasteiger partial charge < -0.3 is 10.2 Å². The summed E-state index contributed by atoms with van der Waals surface area (Å²) in [5, 5.41) is 3.54. The molecule has 7 nitrogen and oxygen atoms in total. The van der Waals surface area contributed by atoms with Crippen molar-refractivity contribution in [3.8, 4) is 0 Å². The molecule has 0 aliphatic heterocycles. The van der Waals surface area contributed by atoms with E-state index in [1.54, 1.807) is 49.4 Å². The molecule has 0 aliphatic carbocycles. The van der Waals surface area contributed by atoms with Gasteiger partial charge in [0, 0.05) is 32.7 Å². The van der Waals surface area contributed by atoms with E-state index in [1.807, 2.05) is 13.8 Å². The summed E-state index contributed by atoms with van der Waals surface area (Å²) in [7, 11) is -3.81. The van der Waals surface area contributed by atoms with Crippen molar-refractivity contribution in [1.82, 2.24) is 10.2 Å². The van der Waals surface area contributed by atoms with Crippen molar-refractivity contribution in [1.29, 1.82) is 0 Å².